The molecule has 1 aliphatic heterocycles. The predicted octanol–water partition coefficient (Wildman–Crippen LogP) is 2.67. The highest BCUT2D eigenvalue weighted by Gasteiger charge is 2.27. The molecule has 0 aliphatic carbocycles. The first kappa shape index (κ1) is 16.5. The Morgan fingerprint density at radius 3 is 2.17 bits per heavy atom. The molecule has 0 spiro atoms. The number of piperazine rings is 1. The molecule has 0 radical (unpaired) electrons. The zero-order chi connectivity index (χ0) is 17.3. The first-order valence-corrected chi connectivity index (χ1v) is 7.41. The van der Waals surface area contributed by atoms with Crippen molar-refractivity contribution in [2.75, 3.05) is 31.1 Å². The number of hydrogen-bond acceptors (Lipinski definition) is 4. The lowest BCUT2D eigenvalue weighted by Gasteiger charge is -2.36. The fraction of sp³-hybridized carbons (Fsp3) is 0.312. The second-order valence-corrected chi connectivity index (χ2v) is 5.60. The highest BCUT2D eigenvalue weighted by Crippen LogP contribution is 2.27. The van der Waals surface area contributed by atoms with Gasteiger partial charge < -0.3 is 10.0 Å². The molecular formula is C16H15F4N3O. The van der Waals surface area contributed by atoms with E-state index in [1.807, 2.05) is 11.0 Å². The summed E-state index contributed by atoms with van der Waals surface area (Å²) in [5.74, 6) is -6.08. The van der Waals surface area contributed by atoms with E-state index in [4.69, 9.17) is 0 Å². The van der Waals surface area contributed by atoms with Crippen molar-refractivity contribution in [3.8, 4) is 5.75 Å². The maximum atomic E-state index is 13.8. The fourth-order valence-corrected chi connectivity index (χ4v) is 2.80. The second kappa shape index (κ2) is 6.64. The Labute approximate surface area is 136 Å². The van der Waals surface area contributed by atoms with Crippen LogP contribution in [0.2, 0.25) is 0 Å². The minimum Gasteiger partial charge on any atom is -0.508 e. The van der Waals surface area contributed by atoms with Crippen molar-refractivity contribution in [2.24, 2.45) is 0 Å². The third-order valence-electron chi connectivity index (χ3n) is 3.98. The number of pyridine rings is 1. The number of aromatic nitrogens is 1. The molecule has 0 bridgehead atoms. The zero-order valence-corrected chi connectivity index (χ0v) is 12.6. The molecule has 0 amide bonds. The summed E-state index contributed by atoms with van der Waals surface area (Å²) < 4.78 is 54.0. The van der Waals surface area contributed by atoms with Gasteiger partial charge in [-0.05, 0) is 17.7 Å². The molecule has 8 heteroatoms. The van der Waals surface area contributed by atoms with E-state index in [1.165, 1.54) is 4.90 Å². The molecule has 1 aromatic heterocycles. The van der Waals surface area contributed by atoms with Crippen LogP contribution in [0.25, 0.3) is 0 Å². The van der Waals surface area contributed by atoms with Crippen molar-refractivity contribution >= 4 is 5.69 Å². The van der Waals surface area contributed by atoms with Crippen LogP contribution in [0.15, 0.2) is 24.3 Å². The molecule has 24 heavy (non-hydrogen) atoms. The predicted molar refractivity (Wildman–Crippen MR) is 79.7 cm³/mol. The summed E-state index contributed by atoms with van der Waals surface area (Å²) in [4.78, 5) is 5.86. The first-order valence-electron chi connectivity index (χ1n) is 7.41. The summed E-state index contributed by atoms with van der Waals surface area (Å²) in [6.45, 7) is 1.91. The standard InChI is InChI=1S/C16H15F4N3O/c17-12-14(13(18)16(20)21-15(12)19)23-6-4-22(5-7-23)9-10-2-1-3-11(24)8-10/h1-3,8,24H,4-7,9H2. The third kappa shape index (κ3) is 3.28. The average molecular weight is 341 g/mol. The number of hydrogen-bond donors (Lipinski definition) is 1. The number of rotatable bonds is 3. The van der Waals surface area contributed by atoms with Gasteiger partial charge >= 0.3 is 0 Å². The van der Waals surface area contributed by atoms with Gasteiger partial charge in [-0.15, -0.1) is 0 Å². The molecule has 3 rings (SSSR count). The maximum Gasteiger partial charge on any atom is 0.253 e. The Morgan fingerprint density at radius 2 is 1.58 bits per heavy atom. The Morgan fingerprint density at radius 1 is 0.958 bits per heavy atom. The van der Waals surface area contributed by atoms with Crippen molar-refractivity contribution in [1.29, 1.82) is 0 Å². The van der Waals surface area contributed by atoms with E-state index in [1.54, 1.807) is 18.2 Å². The largest absolute Gasteiger partial charge is 0.508 e. The summed E-state index contributed by atoms with van der Waals surface area (Å²) in [6.07, 6.45) is 0. The molecule has 0 unspecified atom stereocenters. The minimum atomic E-state index is -1.65. The molecule has 4 nitrogen and oxygen atoms in total. The van der Waals surface area contributed by atoms with Gasteiger partial charge in [0.15, 0.2) is 0 Å². The van der Waals surface area contributed by atoms with Gasteiger partial charge in [0, 0.05) is 32.7 Å². The van der Waals surface area contributed by atoms with Crippen molar-refractivity contribution in [1.82, 2.24) is 9.88 Å². The van der Waals surface area contributed by atoms with Gasteiger partial charge in [-0.25, -0.2) is 0 Å². The smallest absolute Gasteiger partial charge is 0.253 e. The Hall–Kier alpha value is -2.35. The van der Waals surface area contributed by atoms with Crippen LogP contribution in [0, 0.1) is 23.5 Å². The normalized spacial score (nSPS) is 15.8. The summed E-state index contributed by atoms with van der Waals surface area (Å²) in [5.41, 5.74) is 0.193. The quantitative estimate of drug-likeness (QED) is 0.688. The van der Waals surface area contributed by atoms with Gasteiger partial charge in [0.1, 0.15) is 11.4 Å². The number of nitrogens with zero attached hydrogens (tertiary/aromatic N) is 3. The number of anilines is 1. The monoisotopic (exact) mass is 341 g/mol. The van der Waals surface area contributed by atoms with Crippen LogP contribution < -0.4 is 4.90 Å². The van der Waals surface area contributed by atoms with Crippen LogP contribution in [0.5, 0.6) is 5.75 Å². The molecule has 1 N–H and O–H groups in total. The molecule has 1 fully saturated rings. The number of halogens is 4. The number of benzene rings is 1. The molecule has 1 aromatic carbocycles. The van der Waals surface area contributed by atoms with Crippen LogP contribution in [0.4, 0.5) is 23.2 Å². The van der Waals surface area contributed by atoms with Crippen molar-refractivity contribution in [3.63, 3.8) is 0 Å². The van der Waals surface area contributed by atoms with E-state index in [9.17, 15) is 22.7 Å². The lowest BCUT2D eigenvalue weighted by atomic mass is 10.2. The number of aromatic hydroxyl groups is 1. The van der Waals surface area contributed by atoms with E-state index < -0.39 is 29.2 Å². The van der Waals surface area contributed by atoms with Crippen LogP contribution in [0.1, 0.15) is 5.56 Å². The topological polar surface area (TPSA) is 39.6 Å². The Kier molecular flexibility index (Phi) is 4.57. The van der Waals surface area contributed by atoms with Crippen LogP contribution in [-0.4, -0.2) is 41.2 Å². The Balaban J connectivity index is 1.70. The van der Waals surface area contributed by atoms with Crippen LogP contribution >= 0.6 is 0 Å². The molecule has 2 heterocycles. The van der Waals surface area contributed by atoms with Gasteiger partial charge in [0.2, 0.25) is 11.6 Å². The summed E-state index contributed by atoms with van der Waals surface area (Å²) >= 11 is 0. The highest BCUT2D eigenvalue weighted by molar-refractivity contribution is 5.49. The maximum absolute atomic E-state index is 13.8. The molecule has 128 valence electrons. The molecule has 0 saturated carbocycles. The highest BCUT2D eigenvalue weighted by atomic mass is 19.2. The lowest BCUT2D eigenvalue weighted by Crippen LogP contribution is -2.46. The van der Waals surface area contributed by atoms with Gasteiger partial charge in [0.05, 0.1) is 0 Å². The molecular weight excluding hydrogens is 326 g/mol. The fourth-order valence-electron chi connectivity index (χ4n) is 2.80. The second-order valence-electron chi connectivity index (χ2n) is 5.60. The van der Waals surface area contributed by atoms with E-state index in [0.717, 1.165) is 5.56 Å². The van der Waals surface area contributed by atoms with Crippen LogP contribution in [0.3, 0.4) is 0 Å². The summed E-state index contributed by atoms with van der Waals surface area (Å²) in [6, 6.07) is 6.80. The van der Waals surface area contributed by atoms with Crippen molar-refractivity contribution in [2.45, 2.75) is 6.54 Å². The van der Waals surface area contributed by atoms with Gasteiger partial charge in [0.25, 0.3) is 11.9 Å². The SMILES string of the molecule is Oc1cccc(CN2CCN(c3c(F)c(F)nc(F)c3F)CC2)c1. The van der Waals surface area contributed by atoms with E-state index in [0.29, 0.717) is 19.6 Å². The number of phenols is 1. The Bertz CT molecular complexity index is 722. The molecule has 1 saturated heterocycles. The van der Waals surface area contributed by atoms with Gasteiger partial charge in [-0.1, -0.05) is 12.1 Å². The molecule has 2 aromatic rings. The zero-order valence-electron chi connectivity index (χ0n) is 12.6. The minimum absolute atomic E-state index is 0.165. The van der Waals surface area contributed by atoms with E-state index >= 15 is 0 Å². The third-order valence-corrected chi connectivity index (χ3v) is 3.98. The van der Waals surface area contributed by atoms with E-state index in [-0.39, 0.29) is 18.8 Å². The number of phenolic OH excluding ortho intramolecular Hbond substituents is 1. The molecule has 1 aliphatic rings. The average Bonchev–Trinajstić information content (AvgIpc) is 2.55. The van der Waals surface area contributed by atoms with Gasteiger partial charge in [-0.2, -0.15) is 22.5 Å². The van der Waals surface area contributed by atoms with Crippen molar-refractivity contribution in [3.05, 3.63) is 53.4 Å². The first-order chi connectivity index (χ1) is 11.5. The van der Waals surface area contributed by atoms with Gasteiger partial charge in [-0.3, -0.25) is 4.90 Å². The van der Waals surface area contributed by atoms with Crippen LogP contribution in [-0.2, 0) is 6.54 Å². The summed E-state index contributed by atoms with van der Waals surface area (Å²) in [5, 5.41) is 9.46. The lowest BCUT2D eigenvalue weighted by molar-refractivity contribution is 0.247. The van der Waals surface area contributed by atoms with Crippen molar-refractivity contribution < 1.29 is 22.7 Å². The van der Waals surface area contributed by atoms with E-state index in [2.05, 4.69) is 4.98 Å². The molecule has 0 atom stereocenters. The summed E-state index contributed by atoms with van der Waals surface area (Å²) in [7, 11) is 0.